The van der Waals surface area contributed by atoms with Crippen LogP contribution in [-0.2, 0) is 36.9 Å². The number of ether oxygens (including phenoxy) is 5. The normalized spacial score (nSPS) is 30.0. The largest absolute Gasteiger partial charge is 0.378 e. The molecule has 2 saturated heterocycles. The molecule has 0 aromatic heterocycles. The number of benzene rings is 3. The van der Waals surface area contributed by atoms with E-state index in [0.29, 0.717) is 0 Å². The maximum absolute atomic E-state index is 12.1. The van der Waals surface area contributed by atoms with Crippen LogP contribution in [0.15, 0.2) is 91.0 Å². The molecule has 3 aromatic carbocycles. The van der Waals surface area contributed by atoms with Crippen LogP contribution in [0, 0.1) is 0 Å². The fourth-order valence-corrected chi connectivity index (χ4v) is 5.14. The first-order chi connectivity index (χ1) is 17.9. The highest BCUT2D eigenvalue weighted by Gasteiger charge is 2.67. The lowest BCUT2D eigenvalue weighted by atomic mass is 9.86. The zero-order valence-electron chi connectivity index (χ0n) is 19.8. The van der Waals surface area contributed by atoms with E-state index in [-0.39, 0.29) is 19.8 Å². The zero-order valence-corrected chi connectivity index (χ0v) is 22.1. The second kappa shape index (κ2) is 11.6. The smallest absolute Gasteiger partial charge is 0.226 e. The molecule has 3 aromatic rings. The second-order valence-electron chi connectivity index (χ2n) is 9.02. The van der Waals surface area contributed by atoms with Gasteiger partial charge in [-0.15, -0.1) is 0 Å². The first-order valence-electron chi connectivity index (χ1n) is 11.9. The molecule has 5 rings (SSSR count). The second-order valence-corrected chi connectivity index (χ2v) is 11.3. The van der Waals surface area contributed by atoms with Gasteiger partial charge in [-0.3, -0.25) is 0 Å². The van der Waals surface area contributed by atoms with E-state index >= 15 is 0 Å². The molecule has 2 aliphatic rings. The first kappa shape index (κ1) is 26.9. The van der Waals surface area contributed by atoms with Crippen molar-refractivity contribution in [1.29, 1.82) is 0 Å². The highest BCUT2D eigenvalue weighted by atomic mass is 35.6. The third-order valence-corrected chi connectivity index (χ3v) is 7.40. The summed E-state index contributed by atoms with van der Waals surface area (Å²) in [6.07, 6.45) is -4.65. The van der Waals surface area contributed by atoms with Crippen molar-refractivity contribution in [1.82, 2.24) is 0 Å². The van der Waals surface area contributed by atoms with Crippen molar-refractivity contribution in [3.05, 3.63) is 108 Å². The van der Waals surface area contributed by atoms with E-state index in [1.165, 1.54) is 0 Å². The van der Waals surface area contributed by atoms with Crippen molar-refractivity contribution in [3.8, 4) is 0 Å². The average molecular weight is 566 g/mol. The van der Waals surface area contributed by atoms with E-state index in [1.54, 1.807) is 0 Å². The Morgan fingerprint density at radius 2 is 1.32 bits per heavy atom. The minimum Gasteiger partial charge on any atom is -0.378 e. The molecule has 0 radical (unpaired) electrons. The van der Waals surface area contributed by atoms with Gasteiger partial charge in [-0.05, 0) is 11.1 Å². The summed E-state index contributed by atoms with van der Waals surface area (Å²) >= 11 is 19.3. The molecule has 0 amide bonds. The highest BCUT2D eigenvalue weighted by molar-refractivity contribution is 6.68. The maximum Gasteiger partial charge on any atom is 0.226 e. The van der Waals surface area contributed by atoms with E-state index in [0.717, 1.165) is 16.7 Å². The zero-order chi connectivity index (χ0) is 25.9. The molecule has 1 N–H and O–H groups in total. The molecule has 2 heterocycles. The molecule has 2 fully saturated rings. The van der Waals surface area contributed by atoms with E-state index < -0.39 is 40.3 Å². The number of fused-ring (bicyclic) bond motifs is 1. The van der Waals surface area contributed by atoms with Gasteiger partial charge in [0.05, 0.1) is 19.8 Å². The fourth-order valence-electron chi connectivity index (χ4n) is 4.55. The van der Waals surface area contributed by atoms with Crippen molar-refractivity contribution >= 4 is 34.8 Å². The number of hydrogen-bond acceptors (Lipinski definition) is 6. The van der Waals surface area contributed by atoms with Crippen LogP contribution in [0.25, 0.3) is 0 Å². The summed E-state index contributed by atoms with van der Waals surface area (Å²) in [5.41, 5.74) is 0.330. The predicted molar refractivity (Wildman–Crippen MR) is 140 cm³/mol. The van der Waals surface area contributed by atoms with Gasteiger partial charge in [0.2, 0.25) is 3.79 Å². The summed E-state index contributed by atoms with van der Waals surface area (Å²) in [5, 5.41) is 12.1. The summed E-state index contributed by atoms with van der Waals surface area (Å²) in [4.78, 5) is 0. The van der Waals surface area contributed by atoms with Gasteiger partial charge < -0.3 is 28.8 Å². The van der Waals surface area contributed by atoms with Crippen LogP contribution in [0.4, 0.5) is 0 Å². The topological polar surface area (TPSA) is 66.4 Å². The van der Waals surface area contributed by atoms with Crippen LogP contribution in [0.1, 0.15) is 23.0 Å². The Morgan fingerprint density at radius 3 is 1.89 bits per heavy atom. The lowest BCUT2D eigenvalue weighted by Crippen LogP contribution is -2.74. The van der Waals surface area contributed by atoms with Crippen LogP contribution in [0.2, 0.25) is 0 Å². The van der Waals surface area contributed by atoms with E-state index in [9.17, 15) is 5.11 Å². The summed E-state index contributed by atoms with van der Waals surface area (Å²) in [6.45, 7) is 0.422. The van der Waals surface area contributed by atoms with Crippen molar-refractivity contribution in [2.24, 2.45) is 0 Å². The minimum atomic E-state index is -2.25. The van der Waals surface area contributed by atoms with Gasteiger partial charge in [0.25, 0.3) is 0 Å². The lowest BCUT2D eigenvalue weighted by molar-refractivity contribution is -0.393. The number of rotatable bonds is 7. The average Bonchev–Trinajstić information content (AvgIpc) is 2.92. The van der Waals surface area contributed by atoms with E-state index in [1.807, 2.05) is 91.0 Å². The molecule has 0 aliphatic carbocycles. The van der Waals surface area contributed by atoms with Crippen LogP contribution in [0.3, 0.4) is 0 Å². The van der Waals surface area contributed by atoms with E-state index in [2.05, 4.69) is 0 Å². The maximum atomic E-state index is 12.1. The molecule has 0 bridgehead atoms. The van der Waals surface area contributed by atoms with Gasteiger partial charge in [0.1, 0.15) is 18.3 Å². The molecule has 0 spiro atoms. The summed E-state index contributed by atoms with van der Waals surface area (Å²) in [6, 6.07) is 28.4. The fraction of sp³-hybridized carbons (Fsp3) is 0.357. The van der Waals surface area contributed by atoms with Gasteiger partial charge in [-0.25, -0.2) is 0 Å². The Bertz CT molecular complexity index is 1130. The van der Waals surface area contributed by atoms with Gasteiger partial charge in [-0.1, -0.05) is 126 Å². The van der Waals surface area contributed by atoms with Crippen LogP contribution in [0.5, 0.6) is 0 Å². The third kappa shape index (κ3) is 5.83. The highest BCUT2D eigenvalue weighted by Crippen LogP contribution is 2.51. The summed E-state index contributed by atoms with van der Waals surface area (Å²) < 4.78 is 28.5. The molecule has 1 unspecified atom stereocenters. The van der Waals surface area contributed by atoms with Gasteiger partial charge >= 0.3 is 0 Å². The van der Waals surface area contributed by atoms with E-state index in [4.69, 9.17) is 58.5 Å². The number of aliphatic hydroxyl groups is 1. The van der Waals surface area contributed by atoms with Crippen molar-refractivity contribution in [2.45, 2.75) is 53.5 Å². The van der Waals surface area contributed by atoms with Crippen molar-refractivity contribution in [2.75, 3.05) is 6.61 Å². The third-order valence-electron chi connectivity index (χ3n) is 6.49. The Kier molecular flexibility index (Phi) is 8.41. The Hall–Kier alpha value is -1.71. The molecule has 6 nitrogen and oxygen atoms in total. The van der Waals surface area contributed by atoms with Gasteiger partial charge in [-0.2, -0.15) is 0 Å². The quantitative estimate of drug-likeness (QED) is 0.369. The minimum absolute atomic E-state index is 0.117. The molecule has 6 atom stereocenters. The molecule has 2 aliphatic heterocycles. The first-order valence-corrected chi connectivity index (χ1v) is 13.1. The summed E-state index contributed by atoms with van der Waals surface area (Å²) in [7, 11) is 0. The molecule has 37 heavy (non-hydrogen) atoms. The Balaban J connectivity index is 1.46. The molecule has 196 valence electrons. The molecule has 0 saturated carbocycles. The van der Waals surface area contributed by atoms with Crippen molar-refractivity contribution in [3.63, 3.8) is 0 Å². The Morgan fingerprint density at radius 1 is 0.784 bits per heavy atom. The van der Waals surface area contributed by atoms with Crippen LogP contribution in [-0.4, -0.2) is 45.7 Å². The number of hydrogen-bond donors (Lipinski definition) is 1. The van der Waals surface area contributed by atoms with Gasteiger partial charge in [0, 0.05) is 5.56 Å². The van der Waals surface area contributed by atoms with Crippen LogP contribution >= 0.6 is 34.8 Å². The standard InChI is InChI=1S/C28H27Cl3O6/c29-28(30,31)27(32)24(33-16-19-10-4-1-5-11-19)23-22(18-34-25(37-23)21-14-8-3-9-15-21)36-26(27)35-17-20-12-6-2-7-13-20/h1-15,22-26,32H,16-18H2/t22-,23-,24+,25?,26-,27+/m1/s1. The SMILES string of the molecule is O[C@]1(C(Cl)(Cl)Cl)[C@H](OCc2ccccc2)O[C@@H]2COC(c3ccccc3)O[C@H]2[C@@H]1OCc1ccccc1. The van der Waals surface area contributed by atoms with Crippen LogP contribution < -0.4 is 0 Å². The van der Waals surface area contributed by atoms with Gasteiger partial charge in [0.15, 0.2) is 18.2 Å². The lowest BCUT2D eigenvalue weighted by Gasteiger charge is -2.55. The monoisotopic (exact) mass is 564 g/mol. The Labute approximate surface area is 230 Å². The predicted octanol–water partition coefficient (Wildman–Crippen LogP) is 5.73. The number of halogens is 3. The molecular formula is C28H27Cl3O6. The molecular weight excluding hydrogens is 539 g/mol. The number of alkyl halides is 3. The van der Waals surface area contributed by atoms with Crippen molar-refractivity contribution < 1.29 is 28.8 Å². The molecule has 9 heteroatoms. The summed E-state index contributed by atoms with van der Waals surface area (Å²) in [5.74, 6) is 0.